The van der Waals surface area contributed by atoms with Gasteiger partial charge in [-0.05, 0) is 6.42 Å². The van der Waals surface area contributed by atoms with Crippen molar-refractivity contribution < 1.29 is 17.4 Å². The summed E-state index contributed by atoms with van der Waals surface area (Å²) < 4.78 is 25.2. The second-order valence-electron chi connectivity index (χ2n) is 1.94. The van der Waals surface area contributed by atoms with E-state index in [9.17, 15) is 13.2 Å². The molecule has 68 valence electrons. The Morgan fingerprint density at radius 2 is 2.00 bits per heavy atom. The van der Waals surface area contributed by atoms with E-state index < -0.39 is 16.1 Å². The smallest absolute Gasteiger partial charge is 0.334 e. The van der Waals surface area contributed by atoms with Crippen LogP contribution in [0.15, 0.2) is 24.6 Å². The van der Waals surface area contributed by atoms with Crippen LogP contribution in [-0.4, -0.2) is 14.4 Å². The third kappa shape index (κ3) is 4.68. The van der Waals surface area contributed by atoms with E-state index in [2.05, 4.69) is 17.3 Å². The quantitative estimate of drug-likeness (QED) is 0.478. The van der Waals surface area contributed by atoms with Crippen LogP contribution in [0.2, 0.25) is 0 Å². The van der Waals surface area contributed by atoms with Crippen molar-refractivity contribution in [3.05, 3.63) is 24.6 Å². The van der Waals surface area contributed by atoms with E-state index in [0.29, 0.717) is 11.8 Å². The molecule has 0 aliphatic heterocycles. The van der Waals surface area contributed by atoms with Crippen molar-refractivity contribution in [3.63, 3.8) is 0 Å². The molecule has 0 aromatic rings. The molecule has 0 aliphatic rings. The molecular weight excluding hydrogens is 180 g/mol. The number of hydrogen-bond acceptors (Lipinski definition) is 4. The fraction of sp³-hybridized carbons (Fsp3) is 0.286. The highest BCUT2D eigenvalue weighted by Crippen LogP contribution is 1.99. The zero-order valence-electron chi connectivity index (χ0n) is 6.52. The van der Waals surface area contributed by atoms with E-state index in [-0.39, 0.29) is 6.42 Å². The third-order valence-corrected chi connectivity index (χ3v) is 1.79. The normalized spacial score (nSPS) is 10.3. The third-order valence-electron chi connectivity index (χ3n) is 0.966. The monoisotopic (exact) mass is 190 g/mol. The highest BCUT2D eigenvalue weighted by atomic mass is 32.2. The predicted octanol–water partition coefficient (Wildman–Crippen LogP) is 0.969. The average Bonchev–Trinajstić information content (AvgIpc) is 2.00. The minimum absolute atomic E-state index is 0.0105. The van der Waals surface area contributed by atoms with Crippen LogP contribution in [0.1, 0.15) is 12.8 Å². The SMILES string of the molecule is C=CCCC(=O)OS(=O)(=O)C=C. The Balaban J connectivity index is 4.01. The van der Waals surface area contributed by atoms with E-state index in [0.717, 1.165) is 0 Å². The second kappa shape index (κ2) is 4.71. The summed E-state index contributed by atoms with van der Waals surface area (Å²) >= 11 is 0. The molecular formula is C7H10O4S. The van der Waals surface area contributed by atoms with Crippen LogP contribution < -0.4 is 0 Å². The first-order valence-electron chi connectivity index (χ1n) is 3.22. The molecule has 0 saturated carbocycles. The standard InChI is InChI=1S/C7H10O4S/c1-3-5-6-7(8)11-12(9,10)4-2/h3-4H,1-2,5-6H2. The number of hydrogen-bond donors (Lipinski definition) is 0. The lowest BCUT2D eigenvalue weighted by molar-refractivity contribution is -0.133. The lowest BCUT2D eigenvalue weighted by Gasteiger charge is -1.98. The number of rotatable bonds is 5. The van der Waals surface area contributed by atoms with Crippen LogP contribution in [0.3, 0.4) is 0 Å². The van der Waals surface area contributed by atoms with Crippen LogP contribution >= 0.6 is 0 Å². The van der Waals surface area contributed by atoms with Crippen molar-refractivity contribution >= 4 is 16.1 Å². The largest absolute Gasteiger partial charge is 0.343 e. The minimum atomic E-state index is -3.87. The Morgan fingerprint density at radius 3 is 2.42 bits per heavy atom. The molecule has 0 aromatic carbocycles. The fourth-order valence-corrected chi connectivity index (χ4v) is 0.836. The van der Waals surface area contributed by atoms with Crippen LogP contribution in [0.5, 0.6) is 0 Å². The van der Waals surface area contributed by atoms with Crippen molar-refractivity contribution in [2.75, 3.05) is 0 Å². The Bertz CT molecular complexity index is 276. The molecule has 0 fully saturated rings. The average molecular weight is 190 g/mol. The molecule has 12 heavy (non-hydrogen) atoms. The van der Waals surface area contributed by atoms with Gasteiger partial charge in [0.15, 0.2) is 0 Å². The second-order valence-corrected chi connectivity index (χ2v) is 3.43. The highest BCUT2D eigenvalue weighted by molar-refractivity contribution is 7.90. The molecule has 0 heterocycles. The first-order valence-corrected chi connectivity index (χ1v) is 4.69. The topological polar surface area (TPSA) is 60.4 Å². The van der Waals surface area contributed by atoms with Gasteiger partial charge in [-0.15, -0.1) is 6.58 Å². The maximum atomic E-state index is 10.7. The lowest BCUT2D eigenvalue weighted by Crippen LogP contribution is -2.09. The molecule has 0 amide bonds. The highest BCUT2D eigenvalue weighted by Gasteiger charge is 2.11. The summed E-state index contributed by atoms with van der Waals surface area (Å²) in [6.07, 6.45) is 1.91. The van der Waals surface area contributed by atoms with Gasteiger partial charge in [-0.3, -0.25) is 4.79 Å². The van der Waals surface area contributed by atoms with Crippen LogP contribution in [0.25, 0.3) is 0 Å². The van der Waals surface area contributed by atoms with Crippen LogP contribution in [0.4, 0.5) is 0 Å². The predicted molar refractivity (Wildman–Crippen MR) is 44.6 cm³/mol. The van der Waals surface area contributed by atoms with Crippen LogP contribution in [-0.2, 0) is 19.1 Å². The molecule has 0 N–H and O–H groups in total. The van der Waals surface area contributed by atoms with Crippen molar-refractivity contribution in [2.45, 2.75) is 12.8 Å². The Hall–Kier alpha value is -1.10. The molecule has 5 heteroatoms. The summed E-state index contributed by atoms with van der Waals surface area (Å²) in [5.41, 5.74) is 0. The molecule has 0 spiro atoms. The zero-order chi connectivity index (χ0) is 9.61. The minimum Gasteiger partial charge on any atom is -0.343 e. The van der Waals surface area contributed by atoms with Crippen molar-refractivity contribution in [1.29, 1.82) is 0 Å². The van der Waals surface area contributed by atoms with Gasteiger partial charge in [0.1, 0.15) is 0 Å². The maximum absolute atomic E-state index is 10.7. The zero-order valence-corrected chi connectivity index (χ0v) is 7.34. The van der Waals surface area contributed by atoms with Gasteiger partial charge in [-0.2, -0.15) is 8.42 Å². The van der Waals surface area contributed by atoms with E-state index in [1.165, 1.54) is 6.08 Å². The Morgan fingerprint density at radius 1 is 1.42 bits per heavy atom. The maximum Gasteiger partial charge on any atom is 0.334 e. The van der Waals surface area contributed by atoms with Crippen molar-refractivity contribution in [2.24, 2.45) is 0 Å². The van der Waals surface area contributed by atoms with Gasteiger partial charge in [-0.1, -0.05) is 12.7 Å². The van der Waals surface area contributed by atoms with Gasteiger partial charge in [0.05, 0.1) is 11.8 Å². The summed E-state index contributed by atoms with van der Waals surface area (Å²) in [6.45, 7) is 6.35. The summed E-state index contributed by atoms with van der Waals surface area (Å²) in [5.74, 6) is -0.796. The number of allylic oxidation sites excluding steroid dienone is 1. The van der Waals surface area contributed by atoms with Gasteiger partial charge in [-0.25, -0.2) is 0 Å². The first kappa shape index (κ1) is 10.9. The molecule has 0 saturated heterocycles. The molecule has 0 aliphatic carbocycles. The number of carbonyl (C=O) groups excluding carboxylic acids is 1. The molecule has 4 nitrogen and oxygen atoms in total. The molecule has 0 radical (unpaired) electrons. The van der Waals surface area contributed by atoms with E-state index in [1.807, 2.05) is 0 Å². The molecule has 0 atom stereocenters. The Kier molecular flexibility index (Phi) is 4.28. The van der Waals surface area contributed by atoms with E-state index >= 15 is 0 Å². The van der Waals surface area contributed by atoms with Gasteiger partial charge >= 0.3 is 16.1 Å². The number of carbonyl (C=O) groups is 1. The lowest BCUT2D eigenvalue weighted by atomic mass is 10.3. The summed E-state index contributed by atoms with van der Waals surface area (Å²) in [4.78, 5) is 10.7. The van der Waals surface area contributed by atoms with Gasteiger partial charge < -0.3 is 4.18 Å². The molecule has 0 rings (SSSR count). The summed E-state index contributed by atoms with van der Waals surface area (Å²) in [6, 6.07) is 0. The van der Waals surface area contributed by atoms with E-state index in [4.69, 9.17) is 0 Å². The van der Waals surface area contributed by atoms with Gasteiger partial charge in [0, 0.05) is 0 Å². The van der Waals surface area contributed by atoms with Gasteiger partial charge in [0.2, 0.25) is 0 Å². The fourth-order valence-electron chi connectivity index (χ4n) is 0.425. The first-order chi connectivity index (χ1) is 5.52. The summed E-state index contributed by atoms with van der Waals surface area (Å²) in [5, 5.41) is 0.582. The Labute approximate surface area is 71.7 Å². The molecule has 0 aromatic heterocycles. The van der Waals surface area contributed by atoms with Crippen molar-refractivity contribution in [3.8, 4) is 0 Å². The summed E-state index contributed by atoms with van der Waals surface area (Å²) in [7, 11) is -3.87. The van der Waals surface area contributed by atoms with Crippen LogP contribution in [0, 0.1) is 0 Å². The molecule has 0 bridgehead atoms. The van der Waals surface area contributed by atoms with E-state index in [1.54, 1.807) is 0 Å². The van der Waals surface area contributed by atoms with Crippen molar-refractivity contribution in [1.82, 2.24) is 0 Å². The van der Waals surface area contributed by atoms with Gasteiger partial charge in [0.25, 0.3) is 0 Å². The molecule has 0 unspecified atom stereocenters.